The zero-order valence-corrected chi connectivity index (χ0v) is 13.0. The first-order valence-electron chi connectivity index (χ1n) is 7.71. The van der Waals surface area contributed by atoms with Crippen molar-refractivity contribution in [2.45, 2.75) is 65.0 Å². The van der Waals surface area contributed by atoms with E-state index in [9.17, 15) is 4.79 Å². The largest absolute Gasteiger partial charge is 0.353 e. The van der Waals surface area contributed by atoms with Crippen LogP contribution in [-0.4, -0.2) is 42.0 Å². The number of nitrogens with zero attached hydrogens (tertiary/aromatic N) is 1. The Hall–Kier alpha value is -0.610. The molecule has 1 saturated heterocycles. The summed E-state index contributed by atoms with van der Waals surface area (Å²) in [5.41, 5.74) is 5.05. The molecule has 1 heterocycles. The summed E-state index contributed by atoms with van der Waals surface area (Å²) in [5, 5.41) is 3.04. The van der Waals surface area contributed by atoms with Gasteiger partial charge in [0, 0.05) is 12.6 Å². The second-order valence-electron chi connectivity index (χ2n) is 6.32. The summed E-state index contributed by atoms with van der Waals surface area (Å²) in [6, 6.07) is 0.462. The fourth-order valence-corrected chi connectivity index (χ4v) is 2.93. The molecule has 0 spiro atoms. The van der Waals surface area contributed by atoms with E-state index < -0.39 is 5.54 Å². The molecule has 1 rings (SSSR count). The van der Waals surface area contributed by atoms with Crippen molar-refractivity contribution < 1.29 is 4.79 Å². The van der Waals surface area contributed by atoms with Crippen LogP contribution < -0.4 is 11.1 Å². The summed E-state index contributed by atoms with van der Waals surface area (Å²) in [5.74, 6) is 0.599. The zero-order valence-electron chi connectivity index (χ0n) is 13.0. The molecule has 0 saturated carbocycles. The Morgan fingerprint density at radius 1 is 1.26 bits per heavy atom. The van der Waals surface area contributed by atoms with Crippen LogP contribution in [-0.2, 0) is 4.79 Å². The lowest BCUT2D eigenvalue weighted by atomic mass is 9.92. The van der Waals surface area contributed by atoms with E-state index in [1.807, 2.05) is 0 Å². The van der Waals surface area contributed by atoms with Crippen LogP contribution in [0.25, 0.3) is 0 Å². The number of hydrogen-bond acceptors (Lipinski definition) is 3. The monoisotopic (exact) mass is 269 g/mol. The molecule has 19 heavy (non-hydrogen) atoms. The Morgan fingerprint density at radius 2 is 1.79 bits per heavy atom. The van der Waals surface area contributed by atoms with Gasteiger partial charge in [-0.1, -0.05) is 26.7 Å². The molecule has 0 aromatic carbocycles. The number of rotatable bonds is 7. The lowest BCUT2D eigenvalue weighted by molar-refractivity contribution is -0.125. The first-order chi connectivity index (χ1) is 8.90. The maximum Gasteiger partial charge on any atom is 0.239 e. The van der Waals surface area contributed by atoms with Crippen molar-refractivity contribution in [2.24, 2.45) is 11.7 Å². The van der Waals surface area contributed by atoms with E-state index in [0.29, 0.717) is 12.0 Å². The lowest BCUT2D eigenvalue weighted by Crippen LogP contribution is -2.54. The molecule has 1 amide bonds. The fraction of sp³-hybridized carbons (Fsp3) is 0.933. The number of carbonyl (C=O) groups excluding carboxylic acids is 1. The van der Waals surface area contributed by atoms with Gasteiger partial charge in [0.25, 0.3) is 0 Å². The summed E-state index contributed by atoms with van der Waals surface area (Å²) in [4.78, 5) is 14.5. The molecule has 1 fully saturated rings. The average molecular weight is 269 g/mol. The number of hydrogen-bond donors (Lipinski definition) is 2. The molecule has 3 N–H and O–H groups in total. The quantitative estimate of drug-likeness (QED) is 0.740. The van der Waals surface area contributed by atoms with Crippen molar-refractivity contribution in [3.63, 3.8) is 0 Å². The summed E-state index contributed by atoms with van der Waals surface area (Å²) < 4.78 is 0. The van der Waals surface area contributed by atoms with Gasteiger partial charge in [0.15, 0.2) is 0 Å². The number of likely N-dealkylation sites (tertiary alicyclic amines) is 1. The van der Waals surface area contributed by atoms with Gasteiger partial charge in [-0.15, -0.1) is 0 Å². The van der Waals surface area contributed by atoms with Crippen LogP contribution in [0.1, 0.15) is 53.4 Å². The highest BCUT2D eigenvalue weighted by Crippen LogP contribution is 2.22. The molecule has 4 nitrogen and oxygen atoms in total. The Morgan fingerprint density at radius 3 is 2.21 bits per heavy atom. The van der Waals surface area contributed by atoms with Gasteiger partial charge in [-0.3, -0.25) is 9.69 Å². The molecule has 1 aliphatic rings. The van der Waals surface area contributed by atoms with Gasteiger partial charge in [0.2, 0.25) is 5.91 Å². The van der Waals surface area contributed by atoms with Crippen LogP contribution in [0.2, 0.25) is 0 Å². The summed E-state index contributed by atoms with van der Waals surface area (Å²) in [6.45, 7) is 11.1. The van der Waals surface area contributed by atoms with E-state index >= 15 is 0 Å². The average Bonchev–Trinajstić information content (AvgIpc) is 2.86. The van der Waals surface area contributed by atoms with E-state index in [1.165, 1.54) is 38.8 Å². The van der Waals surface area contributed by atoms with Crippen LogP contribution in [0.15, 0.2) is 0 Å². The smallest absolute Gasteiger partial charge is 0.239 e. The maximum absolute atomic E-state index is 11.9. The Bertz CT molecular complexity index is 274. The summed E-state index contributed by atoms with van der Waals surface area (Å²) in [7, 11) is 0. The predicted molar refractivity (Wildman–Crippen MR) is 79.9 cm³/mol. The molecule has 0 aromatic heterocycles. The van der Waals surface area contributed by atoms with Gasteiger partial charge in [-0.25, -0.2) is 0 Å². The van der Waals surface area contributed by atoms with E-state index in [4.69, 9.17) is 5.73 Å². The van der Waals surface area contributed by atoms with Gasteiger partial charge in [0.1, 0.15) is 0 Å². The van der Waals surface area contributed by atoms with Crippen LogP contribution in [0.4, 0.5) is 0 Å². The Balaban J connectivity index is 2.61. The predicted octanol–water partition coefficient (Wildman–Crippen LogP) is 1.74. The van der Waals surface area contributed by atoms with Gasteiger partial charge in [0.05, 0.1) is 5.54 Å². The molecule has 0 aromatic rings. The van der Waals surface area contributed by atoms with Gasteiger partial charge in [-0.05, 0) is 45.7 Å². The van der Waals surface area contributed by atoms with Crippen LogP contribution in [0, 0.1) is 5.92 Å². The Kier molecular flexibility index (Phi) is 6.27. The highest BCUT2D eigenvalue weighted by atomic mass is 16.2. The van der Waals surface area contributed by atoms with E-state index in [0.717, 1.165) is 6.54 Å². The maximum atomic E-state index is 11.9. The van der Waals surface area contributed by atoms with Gasteiger partial charge in [-0.2, -0.15) is 0 Å². The van der Waals surface area contributed by atoms with Crippen LogP contribution in [0.3, 0.4) is 0 Å². The molecule has 1 aliphatic heterocycles. The van der Waals surface area contributed by atoms with Crippen molar-refractivity contribution in [1.29, 1.82) is 0 Å². The van der Waals surface area contributed by atoms with Crippen molar-refractivity contribution in [2.75, 3.05) is 19.6 Å². The molecule has 1 atom stereocenters. The third-order valence-electron chi connectivity index (χ3n) is 4.26. The lowest BCUT2D eigenvalue weighted by Gasteiger charge is -2.34. The third kappa shape index (κ3) is 4.77. The summed E-state index contributed by atoms with van der Waals surface area (Å²) in [6.07, 6.45) is 4.90. The summed E-state index contributed by atoms with van der Waals surface area (Å²) >= 11 is 0. The molecular formula is C15H31N3O. The SMILES string of the molecule is CCC(CC)C(CNC(=O)C(C)(C)N)N1CCCC1. The minimum Gasteiger partial charge on any atom is -0.353 e. The highest BCUT2D eigenvalue weighted by Gasteiger charge is 2.29. The first-order valence-corrected chi connectivity index (χ1v) is 7.71. The molecule has 0 bridgehead atoms. The molecule has 1 unspecified atom stereocenters. The van der Waals surface area contributed by atoms with Gasteiger partial charge < -0.3 is 11.1 Å². The second kappa shape index (κ2) is 7.25. The van der Waals surface area contributed by atoms with Crippen molar-refractivity contribution >= 4 is 5.91 Å². The minimum atomic E-state index is -0.788. The van der Waals surface area contributed by atoms with Gasteiger partial charge >= 0.3 is 0 Å². The number of nitrogens with one attached hydrogen (secondary N) is 1. The number of nitrogens with two attached hydrogens (primary N) is 1. The topological polar surface area (TPSA) is 58.4 Å². The molecule has 4 heteroatoms. The minimum absolute atomic E-state index is 0.0531. The van der Waals surface area contributed by atoms with Crippen LogP contribution >= 0.6 is 0 Å². The standard InChI is InChI=1S/C15H31N3O/c1-5-12(6-2)13(18-9-7-8-10-18)11-17-14(19)15(3,4)16/h12-13H,5-11,16H2,1-4H3,(H,17,19). The number of carbonyl (C=O) groups is 1. The highest BCUT2D eigenvalue weighted by molar-refractivity contribution is 5.85. The first kappa shape index (κ1) is 16.4. The molecule has 0 aliphatic carbocycles. The van der Waals surface area contributed by atoms with Crippen molar-refractivity contribution in [3.8, 4) is 0 Å². The molecule has 0 radical (unpaired) electrons. The van der Waals surface area contributed by atoms with E-state index in [-0.39, 0.29) is 5.91 Å². The Labute approximate surface area is 118 Å². The molecular weight excluding hydrogens is 238 g/mol. The van der Waals surface area contributed by atoms with Crippen molar-refractivity contribution in [1.82, 2.24) is 10.2 Å². The normalized spacial score (nSPS) is 18.8. The van der Waals surface area contributed by atoms with Crippen LogP contribution in [0.5, 0.6) is 0 Å². The molecule has 112 valence electrons. The zero-order chi connectivity index (χ0) is 14.5. The second-order valence-corrected chi connectivity index (χ2v) is 6.32. The fourth-order valence-electron chi connectivity index (χ4n) is 2.93. The van der Waals surface area contributed by atoms with Crippen molar-refractivity contribution in [3.05, 3.63) is 0 Å². The third-order valence-corrected chi connectivity index (χ3v) is 4.26. The number of amides is 1. The van der Waals surface area contributed by atoms with E-state index in [2.05, 4.69) is 24.1 Å². The van der Waals surface area contributed by atoms with E-state index in [1.54, 1.807) is 13.8 Å².